The van der Waals surface area contributed by atoms with Crippen LogP contribution in [-0.4, -0.2) is 12.1 Å². The SMILES string of the molecule is CC(=O)O[C@H]1CC[C@]2(C)C3=CC[C@@]4(C)[C@@H]5[C@@H](C)[C@H](C)CC[C@]5(C)CC[C@]4(C)C3=CC[C@H]2C1(C)C. The molecule has 0 aliphatic heterocycles. The Morgan fingerprint density at radius 1 is 0.912 bits per heavy atom. The predicted molar refractivity (Wildman–Crippen MR) is 140 cm³/mol. The normalized spacial score (nSPS) is 51.6. The maximum absolute atomic E-state index is 11.8. The number of hydrogen-bond donors (Lipinski definition) is 0. The minimum absolute atomic E-state index is 0.0123. The molecule has 34 heavy (non-hydrogen) atoms. The number of carbonyl (C=O) groups excluding carboxylic acids is 1. The van der Waals surface area contributed by atoms with Crippen LogP contribution in [0.15, 0.2) is 23.3 Å². The van der Waals surface area contributed by atoms with E-state index >= 15 is 0 Å². The van der Waals surface area contributed by atoms with E-state index in [-0.39, 0.29) is 28.3 Å². The van der Waals surface area contributed by atoms with Crippen LogP contribution in [0.1, 0.15) is 114 Å². The second-order valence-corrected chi connectivity index (χ2v) is 14.9. The van der Waals surface area contributed by atoms with Gasteiger partial charge in [-0.2, -0.15) is 0 Å². The Hall–Kier alpha value is -1.05. The molecule has 0 bridgehead atoms. The van der Waals surface area contributed by atoms with Crippen molar-refractivity contribution in [1.82, 2.24) is 0 Å². The molecule has 0 aromatic heterocycles. The number of hydrogen-bond acceptors (Lipinski definition) is 2. The summed E-state index contributed by atoms with van der Waals surface area (Å²) in [6.07, 6.45) is 15.4. The molecule has 3 saturated carbocycles. The number of ether oxygens (including phenoxy) is 1. The van der Waals surface area contributed by atoms with Crippen molar-refractivity contribution >= 4 is 5.97 Å². The van der Waals surface area contributed by atoms with Gasteiger partial charge in [-0.25, -0.2) is 0 Å². The Morgan fingerprint density at radius 3 is 2.29 bits per heavy atom. The van der Waals surface area contributed by atoms with Crippen LogP contribution in [0, 0.1) is 50.7 Å². The molecule has 0 saturated heterocycles. The first kappa shape index (κ1) is 24.6. The fourth-order valence-electron chi connectivity index (χ4n) is 10.7. The van der Waals surface area contributed by atoms with Gasteiger partial charge in [0.05, 0.1) is 0 Å². The first-order valence-electron chi connectivity index (χ1n) is 14.3. The summed E-state index contributed by atoms with van der Waals surface area (Å²) in [5.74, 6) is 2.81. The highest BCUT2D eigenvalue weighted by Gasteiger charge is 2.66. The molecule has 0 aromatic carbocycles. The molecule has 5 aliphatic rings. The van der Waals surface area contributed by atoms with Gasteiger partial charge >= 0.3 is 5.97 Å². The molecule has 0 N–H and O–H groups in total. The topological polar surface area (TPSA) is 26.3 Å². The molecule has 0 amide bonds. The average molecular weight is 467 g/mol. The first-order chi connectivity index (χ1) is 15.7. The van der Waals surface area contributed by atoms with Gasteiger partial charge in [0.15, 0.2) is 0 Å². The number of carbonyl (C=O) groups is 1. The Kier molecular flexibility index (Phi) is 5.42. The van der Waals surface area contributed by atoms with Crippen molar-refractivity contribution in [2.24, 2.45) is 50.7 Å². The molecule has 0 spiro atoms. The van der Waals surface area contributed by atoms with Crippen molar-refractivity contribution in [3.63, 3.8) is 0 Å². The predicted octanol–water partition coefficient (Wildman–Crippen LogP) is 8.52. The Labute approximate surface area is 209 Å². The van der Waals surface area contributed by atoms with Crippen molar-refractivity contribution in [3.05, 3.63) is 23.3 Å². The highest BCUT2D eigenvalue weighted by molar-refractivity contribution is 5.66. The molecule has 2 heteroatoms. The minimum Gasteiger partial charge on any atom is -0.462 e. The summed E-state index contributed by atoms with van der Waals surface area (Å²) in [6, 6.07) is 0. The summed E-state index contributed by atoms with van der Waals surface area (Å²) in [5, 5.41) is 0. The molecule has 3 fully saturated rings. The van der Waals surface area contributed by atoms with Crippen LogP contribution in [0.2, 0.25) is 0 Å². The lowest BCUT2D eigenvalue weighted by Crippen LogP contribution is -2.62. The van der Waals surface area contributed by atoms with E-state index in [0.29, 0.717) is 16.7 Å². The monoisotopic (exact) mass is 466 g/mol. The smallest absolute Gasteiger partial charge is 0.302 e. The molecule has 0 radical (unpaired) electrons. The minimum atomic E-state index is -0.130. The molecule has 0 heterocycles. The Balaban J connectivity index is 1.57. The fourth-order valence-corrected chi connectivity index (χ4v) is 10.7. The van der Waals surface area contributed by atoms with Gasteiger partial charge in [0.25, 0.3) is 0 Å². The number of allylic oxidation sites excluding steroid dienone is 4. The number of esters is 1. The van der Waals surface area contributed by atoms with E-state index in [2.05, 4.69) is 67.5 Å². The molecular weight excluding hydrogens is 416 g/mol. The molecule has 2 nitrogen and oxygen atoms in total. The van der Waals surface area contributed by atoms with E-state index in [1.807, 2.05) is 0 Å². The summed E-state index contributed by atoms with van der Waals surface area (Å²) in [7, 11) is 0. The van der Waals surface area contributed by atoms with Crippen LogP contribution in [-0.2, 0) is 9.53 Å². The zero-order chi connectivity index (χ0) is 24.9. The van der Waals surface area contributed by atoms with Crippen LogP contribution < -0.4 is 0 Å². The summed E-state index contributed by atoms with van der Waals surface area (Å²) in [5.41, 5.74) is 4.63. The summed E-state index contributed by atoms with van der Waals surface area (Å²) >= 11 is 0. The van der Waals surface area contributed by atoms with E-state index in [0.717, 1.165) is 37.0 Å². The van der Waals surface area contributed by atoms with Gasteiger partial charge in [0.2, 0.25) is 0 Å². The van der Waals surface area contributed by atoms with Crippen molar-refractivity contribution < 1.29 is 9.53 Å². The molecule has 5 rings (SSSR count). The molecular formula is C32H50O2. The van der Waals surface area contributed by atoms with Crippen molar-refractivity contribution in [3.8, 4) is 0 Å². The van der Waals surface area contributed by atoms with Crippen LogP contribution >= 0.6 is 0 Å². The average Bonchev–Trinajstić information content (AvgIpc) is 2.74. The lowest BCUT2D eigenvalue weighted by Gasteiger charge is -2.69. The van der Waals surface area contributed by atoms with Gasteiger partial charge in [-0.15, -0.1) is 0 Å². The zero-order valence-corrected chi connectivity index (χ0v) is 23.5. The van der Waals surface area contributed by atoms with Gasteiger partial charge in [0, 0.05) is 12.3 Å². The van der Waals surface area contributed by atoms with Crippen molar-refractivity contribution in [1.29, 1.82) is 0 Å². The van der Waals surface area contributed by atoms with Gasteiger partial charge < -0.3 is 4.74 Å². The highest BCUT2D eigenvalue weighted by atomic mass is 16.5. The third kappa shape index (κ3) is 3.02. The molecule has 0 unspecified atom stereocenters. The second-order valence-electron chi connectivity index (χ2n) is 14.9. The van der Waals surface area contributed by atoms with Crippen LogP contribution in [0.3, 0.4) is 0 Å². The lowest BCUT2D eigenvalue weighted by atomic mass is 9.35. The third-order valence-corrected chi connectivity index (χ3v) is 13.0. The molecule has 9 atom stereocenters. The third-order valence-electron chi connectivity index (χ3n) is 13.0. The van der Waals surface area contributed by atoms with E-state index in [9.17, 15) is 4.79 Å². The van der Waals surface area contributed by atoms with Crippen LogP contribution in [0.4, 0.5) is 0 Å². The number of rotatable bonds is 1. The van der Waals surface area contributed by atoms with Gasteiger partial charge in [-0.1, -0.05) is 67.5 Å². The summed E-state index contributed by atoms with van der Waals surface area (Å²) in [4.78, 5) is 11.8. The quantitative estimate of drug-likeness (QED) is 0.362. The van der Waals surface area contributed by atoms with E-state index in [1.54, 1.807) is 18.1 Å². The lowest BCUT2D eigenvalue weighted by molar-refractivity contribution is -0.168. The first-order valence-corrected chi connectivity index (χ1v) is 14.3. The van der Waals surface area contributed by atoms with E-state index < -0.39 is 0 Å². The molecule has 0 aromatic rings. The standard InChI is InChI=1S/C32H50O2/c1-20-12-15-29(6)18-19-31(8)24-10-11-25-28(4,5)26(34-22(3)33)14-16-30(25,7)23(24)13-17-32(31,9)27(29)21(20)2/h10,13,20-21,25-27H,11-12,14-19H2,1-9H3/t20-,21+,25+,26+,27-,29-,30-,31-,32+/m1/s1. The van der Waals surface area contributed by atoms with Crippen LogP contribution in [0.25, 0.3) is 0 Å². The van der Waals surface area contributed by atoms with Gasteiger partial charge in [-0.05, 0) is 108 Å². The number of fused-ring (bicyclic) bond motifs is 7. The summed E-state index contributed by atoms with van der Waals surface area (Å²) < 4.78 is 5.87. The Morgan fingerprint density at radius 2 is 1.62 bits per heavy atom. The summed E-state index contributed by atoms with van der Waals surface area (Å²) in [6.45, 7) is 21.9. The largest absolute Gasteiger partial charge is 0.462 e. The second kappa shape index (κ2) is 7.48. The van der Waals surface area contributed by atoms with Gasteiger partial charge in [0.1, 0.15) is 6.10 Å². The van der Waals surface area contributed by atoms with Crippen LogP contribution in [0.5, 0.6) is 0 Å². The van der Waals surface area contributed by atoms with Crippen molar-refractivity contribution in [2.45, 2.75) is 120 Å². The molecule has 190 valence electrons. The van der Waals surface area contributed by atoms with Gasteiger partial charge in [-0.3, -0.25) is 4.79 Å². The van der Waals surface area contributed by atoms with E-state index in [1.165, 1.54) is 32.1 Å². The fraction of sp³-hybridized carbons (Fsp3) is 0.844. The van der Waals surface area contributed by atoms with E-state index in [4.69, 9.17) is 4.74 Å². The highest BCUT2D eigenvalue weighted by Crippen LogP contribution is 2.74. The zero-order valence-electron chi connectivity index (χ0n) is 23.5. The maximum atomic E-state index is 11.8. The Bertz CT molecular complexity index is 941. The molecule has 5 aliphatic carbocycles. The van der Waals surface area contributed by atoms with Crippen molar-refractivity contribution in [2.75, 3.05) is 0 Å². The maximum Gasteiger partial charge on any atom is 0.302 e.